The van der Waals surface area contributed by atoms with Gasteiger partial charge in [-0.05, 0) is 54.3 Å². The summed E-state index contributed by atoms with van der Waals surface area (Å²) >= 11 is 2.92. The Labute approximate surface area is 138 Å². The summed E-state index contributed by atoms with van der Waals surface area (Å²) in [6.07, 6.45) is 2.00. The van der Waals surface area contributed by atoms with Crippen LogP contribution in [-0.4, -0.2) is 38.4 Å². The first-order chi connectivity index (χ1) is 10.4. The molecule has 124 valence electrons. The molecule has 0 amide bonds. The second-order valence-electron chi connectivity index (χ2n) is 5.29. The van der Waals surface area contributed by atoms with Crippen molar-refractivity contribution in [1.29, 1.82) is 0 Å². The van der Waals surface area contributed by atoms with E-state index < -0.39 is 26.6 Å². The molecule has 2 rings (SSSR count). The number of halogens is 3. The Bertz CT molecular complexity index is 634. The molecule has 1 aliphatic heterocycles. The van der Waals surface area contributed by atoms with Crippen LogP contribution in [0, 0.1) is 11.6 Å². The second kappa shape index (κ2) is 7.33. The van der Waals surface area contributed by atoms with Gasteiger partial charge in [0.1, 0.15) is 16.5 Å². The van der Waals surface area contributed by atoms with E-state index in [1.807, 2.05) is 6.92 Å². The topological polar surface area (TPSA) is 49.4 Å². The molecule has 1 aromatic rings. The van der Waals surface area contributed by atoms with Gasteiger partial charge in [0.15, 0.2) is 0 Å². The average Bonchev–Trinajstić information content (AvgIpc) is 2.49. The van der Waals surface area contributed by atoms with Gasteiger partial charge in [-0.25, -0.2) is 17.2 Å². The molecule has 1 fully saturated rings. The van der Waals surface area contributed by atoms with Gasteiger partial charge in [0.25, 0.3) is 0 Å². The molecule has 0 radical (unpaired) electrons. The summed E-state index contributed by atoms with van der Waals surface area (Å²) in [6, 6.07) is 1.45. The van der Waals surface area contributed by atoms with Crippen molar-refractivity contribution < 1.29 is 17.2 Å². The largest absolute Gasteiger partial charge is 0.317 e. The molecule has 1 N–H and O–H groups in total. The molecule has 22 heavy (non-hydrogen) atoms. The van der Waals surface area contributed by atoms with Crippen molar-refractivity contribution in [3.05, 3.63) is 28.2 Å². The zero-order valence-corrected chi connectivity index (χ0v) is 14.7. The predicted molar refractivity (Wildman–Crippen MR) is 84.1 cm³/mol. The minimum atomic E-state index is -4.00. The third-order valence-electron chi connectivity index (χ3n) is 3.72. The number of nitrogens with one attached hydrogen (secondary N) is 1. The summed E-state index contributed by atoms with van der Waals surface area (Å²) in [6.45, 7) is 3.66. The van der Waals surface area contributed by atoms with Gasteiger partial charge >= 0.3 is 0 Å². The number of hydrogen-bond acceptors (Lipinski definition) is 3. The van der Waals surface area contributed by atoms with Crippen molar-refractivity contribution in [2.45, 2.75) is 37.1 Å². The maximum Gasteiger partial charge on any atom is 0.246 e. The van der Waals surface area contributed by atoms with Gasteiger partial charge < -0.3 is 5.32 Å². The third-order valence-corrected chi connectivity index (χ3v) is 6.30. The van der Waals surface area contributed by atoms with Crippen LogP contribution in [0.3, 0.4) is 0 Å². The predicted octanol–water partition coefficient (Wildman–Crippen LogP) is 2.88. The van der Waals surface area contributed by atoms with Gasteiger partial charge in [-0.1, -0.05) is 6.92 Å². The molecular formula is C14H19BrF2N2O2S. The Kier molecular flexibility index (Phi) is 5.93. The van der Waals surface area contributed by atoms with Gasteiger partial charge in [-0.3, -0.25) is 0 Å². The SMILES string of the molecule is CCCN(C1CCNCC1)S(=O)(=O)c1cc(Br)c(F)cc1F. The van der Waals surface area contributed by atoms with Crippen LogP contribution in [0.1, 0.15) is 26.2 Å². The van der Waals surface area contributed by atoms with E-state index >= 15 is 0 Å². The molecule has 4 nitrogen and oxygen atoms in total. The number of sulfonamides is 1. The molecule has 1 aliphatic rings. The summed E-state index contributed by atoms with van der Waals surface area (Å²) in [5, 5.41) is 3.18. The van der Waals surface area contributed by atoms with Gasteiger partial charge in [0, 0.05) is 18.7 Å². The zero-order chi connectivity index (χ0) is 16.3. The van der Waals surface area contributed by atoms with Crippen LogP contribution in [0.2, 0.25) is 0 Å². The van der Waals surface area contributed by atoms with Gasteiger partial charge in [0.2, 0.25) is 10.0 Å². The average molecular weight is 397 g/mol. The molecule has 0 unspecified atom stereocenters. The Morgan fingerprint density at radius 2 is 1.91 bits per heavy atom. The first kappa shape index (κ1) is 17.8. The number of piperidine rings is 1. The van der Waals surface area contributed by atoms with Gasteiger partial charge in [-0.2, -0.15) is 4.31 Å². The smallest absolute Gasteiger partial charge is 0.246 e. The van der Waals surface area contributed by atoms with E-state index in [0.717, 1.165) is 19.2 Å². The fourth-order valence-electron chi connectivity index (χ4n) is 2.64. The van der Waals surface area contributed by atoms with E-state index in [9.17, 15) is 17.2 Å². The van der Waals surface area contributed by atoms with E-state index in [4.69, 9.17) is 0 Å². The molecule has 1 aromatic carbocycles. The molecule has 0 spiro atoms. The quantitative estimate of drug-likeness (QED) is 0.778. The molecule has 1 saturated heterocycles. The lowest BCUT2D eigenvalue weighted by atomic mass is 10.1. The highest BCUT2D eigenvalue weighted by Gasteiger charge is 2.34. The highest BCUT2D eigenvalue weighted by Crippen LogP contribution is 2.28. The molecular weight excluding hydrogens is 378 g/mol. The lowest BCUT2D eigenvalue weighted by Crippen LogP contribution is -2.46. The highest BCUT2D eigenvalue weighted by atomic mass is 79.9. The van der Waals surface area contributed by atoms with Crippen molar-refractivity contribution in [3.8, 4) is 0 Å². The Hall–Kier alpha value is -0.570. The zero-order valence-electron chi connectivity index (χ0n) is 12.3. The van der Waals surface area contributed by atoms with E-state index in [1.165, 1.54) is 4.31 Å². The van der Waals surface area contributed by atoms with Crippen LogP contribution in [0.25, 0.3) is 0 Å². The van der Waals surface area contributed by atoms with Crippen molar-refractivity contribution in [3.63, 3.8) is 0 Å². The number of rotatable bonds is 5. The maximum atomic E-state index is 14.0. The second-order valence-corrected chi connectivity index (χ2v) is 8.01. The first-order valence-corrected chi connectivity index (χ1v) is 9.48. The monoisotopic (exact) mass is 396 g/mol. The van der Waals surface area contributed by atoms with Crippen LogP contribution in [0.5, 0.6) is 0 Å². The Balaban J connectivity index is 2.42. The van der Waals surface area contributed by atoms with Crippen molar-refractivity contribution in [2.24, 2.45) is 0 Å². The standard InChI is InChI=1S/C14H19BrF2N2O2S/c1-2-7-19(10-3-5-18-6-4-10)22(20,21)14-8-11(15)12(16)9-13(14)17/h8-10,18H,2-7H2,1H3. The van der Waals surface area contributed by atoms with Crippen LogP contribution in [0.4, 0.5) is 8.78 Å². The number of nitrogens with zero attached hydrogens (tertiary/aromatic N) is 1. The van der Waals surface area contributed by atoms with Crippen molar-refractivity contribution >= 4 is 26.0 Å². The fourth-order valence-corrected chi connectivity index (χ4v) is 4.99. The molecule has 0 aromatic heterocycles. The summed E-state index contributed by atoms with van der Waals surface area (Å²) < 4.78 is 54.3. The number of benzene rings is 1. The van der Waals surface area contributed by atoms with E-state index in [2.05, 4.69) is 21.2 Å². The summed E-state index contributed by atoms with van der Waals surface area (Å²) in [4.78, 5) is -0.479. The Morgan fingerprint density at radius 3 is 2.50 bits per heavy atom. The molecule has 0 aliphatic carbocycles. The van der Waals surface area contributed by atoms with E-state index in [-0.39, 0.29) is 10.5 Å². The summed E-state index contributed by atoms with van der Waals surface area (Å²) in [5.41, 5.74) is 0. The molecule has 8 heteroatoms. The van der Waals surface area contributed by atoms with Gasteiger partial charge in [0.05, 0.1) is 4.47 Å². The molecule has 0 bridgehead atoms. The van der Waals surface area contributed by atoms with Gasteiger partial charge in [-0.15, -0.1) is 0 Å². The minimum absolute atomic E-state index is 0.0609. The molecule has 0 saturated carbocycles. The maximum absolute atomic E-state index is 14.0. The normalized spacial score (nSPS) is 17.1. The first-order valence-electron chi connectivity index (χ1n) is 7.25. The lowest BCUT2D eigenvalue weighted by Gasteiger charge is -2.33. The van der Waals surface area contributed by atoms with E-state index in [1.54, 1.807) is 0 Å². The highest BCUT2D eigenvalue weighted by molar-refractivity contribution is 9.10. The Morgan fingerprint density at radius 1 is 1.27 bits per heavy atom. The number of hydrogen-bond donors (Lipinski definition) is 1. The third kappa shape index (κ3) is 3.67. The van der Waals surface area contributed by atoms with Crippen LogP contribution in [0.15, 0.2) is 21.5 Å². The molecule has 0 atom stereocenters. The van der Waals surface area contributed by atoms with E-state index in [0.29, 0.717) is 31.9 Å². The summed E-state index contributed by atoms with van der Waals surface area (Å²) in [7, 11) is -4.00. The van der Waals surface area contributed by atoms with Crippen molar-refractivity contribution in [1.82, 2.24) is 9.62 Å². The van der Waals surface area contributed by atoms with Crippen molar-refractivity contribution in [2.75, 3.05) is 19.6 Å². The molecule has 1 heterocycles. The lowest BCUT2D eigenvalue weighted by molar-refractivity contribution is 0.261. The van der Waals surface area contributed by atoms with Crippen LogP contribution in [-0.2, 0) is 10.0 Å². The summed E-state index contributed by atoms with van der Waals surface area (Å²) in [5.74, 6) is -1.88. The van der Waals surface area contributed by atoms with Crippen LogP contribution < -0.4 is 5.32 Å². The van der Waals surface area contributed by atoms with Crippen LogP contribution >= 0.6 is 15.9 Å². The minimum Gasteiger partial charge on any atom is -0.317 e. The fraction of sp³-hybridized carbons (Fsp3) is 0.571.